The minimum atomic E-state index is -1.32. The van der Waals surface area contributed by atoms with Crippen LogP contribution in [0.5, 0.6) is 0 Å². The van der Waals surface area contributed by atoms with Crippen molar-refractivity contribution in [3.63, 3.8) is 0 Å². The summed E-state index contributed by atoms with van der Waals surface area (Å²) in [5, 5.41) is 9.62. The summed E-state index contributed by atoms with van der Waals surface area (Å²) in [6.45, 7) is 10.5. The Labute approximate surface area is 149 Å². The van der Waals surface area contributed by atoms with Crippen molar-refractivity contribution in [2.75, 3.05) is 26.3 Å². The second kappa shape index (κ2) is 9.04. The molecule has 3 nitrogen and oxygen atoms in total. The van der Waals surface area contributed by atoms with Gasteiger partial charge in [0.2, 0.25) is 0 Å². The summed E-state index contributed by atoms with van der Waals surface area (Å²) in [7, 11) is -1.32. The van der Waals surface area contributed by atoms with E-state index in [2.05, 4.69) is 43.2 Å². The number of hydrogen-bond acceptors (Lipinski definition) is 3. The molecule has 1 aliphatic heterocycles. The van der Waals surface area contributed by atoms with Crippen LogP contribution in [0.3, 0.4) is 0 Å². The minimum Gasteiger partial charge on any atom is -0.369 e. The molecular weight excluding hydrogens is 312 g/mol. The highest BCUT2D eigenvalue weighted by molar-refractivity contribution is 6.87. The average Bonchev–Trinajstić information content (AvgIpc) is 2.58. The molecule has 1 saturated carbocycles. The zero-order valence-electron chi connectivity index (χ0n) is 15.9. The summed E-state index contributed by atoms with van der Waals surface area (Å²) < 4.78 is 5.86. The van der Waals surface area contributed by atoms with E-state index in [1.807, 2.05) is 0 Å². The Balaban J connectivity index is 1.71. The van der Waals surface area contributed by atoms with E-state index < -0.39 is 8.07 Å². The first kappa shape index (κ1) is 19.5. The summed E-state index contributed by atoms with van der Waals surface area (Å²) in [4.78, 5) is 2.39. The molecule has 134 valence electrons. The fourth-order valence-corrected chi connectivity index (χ4v) is 6.56. The Morgan fingerprint density at radius 3 is 2.21 bits per heavy atom. The maximum absolute atomic E-state index is 9.62. The van der Waals surface area contributed by atoms with Crippen molar-refractivity contribution in [3.05, 3.63) is 0 Å². The highest BCUT2D eigenvalue weighted by Gasteiger charge is 2.42. The summed E-state index contributed by atoms with van der Waals surface area (Å²) in [5.41, 5.74) is 3.42. The lowest BCUT2D eigenvalue weighted by Gasteiger charge is -2.47. The lowest BCUT2D eigenvalue weighted by molar-refractivity contribution is 0.0149. The molecule has 1 saturated heterocycles. The molecule has 0 aromatic carbocycles. The van der Waals surface area contributed by atoms with Gasteiger partial charge in [-0.1, -0.05) is 26.7 Å². The predicted molar refractivity (Wildman–Crippen MR) is 102 cm³/mol. The number of ether oxygens (including phenoxy) is 1. The normalized spacial score (nSPS) is 27.7. The maximum Gasteiger partial charge on any atom is 0.137 e. The molecule has 0 N–H and O–H groups in total. The molecule has 0 bridgehead atoms. The van der Waals surface area contributed by atoms with Crippen LogP contribution in [0.2, 0.25) is 18.1 Å². The summed E-state index contributed by atoms with van der Waals surface area (Å²) in [6, 6.07) is 6.38. The second-order valence-corrected chi connectivity index (χ2v) is 12.5. The quantitative estimate of drug-likeness (QED) is 0.393. The minimum absolute atomic E-state index is 0.164. The second-order valence-electron chi connectivity index (χ2n) is 7.59. The molecule has 1 heterocycles. The molecule has 0 spiro atoms. The average molecular weight is 347 g/mol. The Morgan fingerprint density at radius 1 is 1.12 bits per heavy atom. The van der Waals surface area contributed by atoms with Gasteiger partial charge >= 0.3 is 0 Å². The van der Waals surface area contributed by atoms with E-state index in [1.165, 1.54) is 24.6 Å². The number of likely N-dealkylation sites (tertiary alicyclic amines) is 1. The van der Waals surface area contributed by atoms with Crippen LogP contribution < -0.4 is 0 Å². The van der Waals surface area contributed by atoms with Crippen LogP contribution in [0.15, 0.2) is 0 Å². The number of hydrogen-bond donors (Lipinski definition) is 0. The maximum atomic E-state index is 9.62. The molecule has 0 aromatic heterocycles. The van der Waals surface area contributed by atoms with Crippen molar-refractivity contribution in [2.24, 2.45) is 5.92 Å². The molecule has 0 atom stereocenters. The Bertz CT molecular complexity index is 478. The van der Waals surface area contributed by atoms with Gasteiger partial charge in [0.1, 0.15) is 20.2 Å². The standard InChI is InChI=1S/C20H34N2OSi/c1-4-24(5-2,6-3)16-8-15-23-17-19-9-11-20(18-21,12-10-19)22-13-7-14-22/h19H,4-7,9-15,17H2,1-3H3. The van der Waals surface area contributed by atoms with Crippen LogP contribution in [0.1, 0.15) is 52.9 Å². The topological polar surface area (TPSA) is 36.3 Å². The van der Waals surface area contributed by atoms with Crippen molar-refractivity contribution < 1.29 is 4.74 Å². The summed E-state index contributed by atoms with van der Waals surface area (Å²) in [5.74, 6) is 3.92. The molecule has 2 aliphatic rings. The van der Waals surface area contributed by atoms with Crippen LogP contribution in [0.25, 0.3) is 0 Å². The van der Waals surface area contributed by atoms with Crippen molar-refractivity contribution in [1.82, 2.24) is 4.90 Å². The van der Waals surface area contributed by atoms with E-state index in [-0.39, 0.29) is 5.54 Å². The van der Waals surface area contributed by atoms with Crippen molar-refractivity contribution in [1.29, 1.82) is 5.26 Å². The number of nitriles is 1. The van der Waals surface area contributed by atoms with Gasteiger partial charge in [-0.15, -0.1) is 5.54 Å². The molecule has 0 amide bonds. The van der Waals surface area contributed by atoms with Crippen LogP contribution >= 0.6 is 0 Å². The zero-order chi connectivity index (χ0) is 17.5. The van der Waals surface area contributed by atoms with Crippen molar-refractivity contribution in [2.45, 2.75) is 76.5 Å². The van der Waals surface area contributed by atoms with Crippen LogP contribution in [-0.2, 0) is 4.74 Å². The van der Waals surface area contributed by atoms with Crippen LogP contribution in [0.4, 0.5) is 0 Å². The predicted octanol–water partition coefficient (Wildman–Crippen LogP) is 4.21. The van der Waals surface area contributed by atoms with E-state index in [0.717, 1.165) is 45.4 Å². The Morgan fingerprint density at radius 2 is 1.75 bits per heavy atom. The van der Waals surface area contributed by atoms with Crippen molar-refractivity contribution in [3.8, 4) is 17.5 Å². The van der Waals surface area contributed by atoms with Gasteiger partial charge in [0, 0.05) is 13.1 Å². The Hall–Kier alpha value is -0.813. The molecule has 0 aromatic rings. The highest BCUT2D eigenvalue weighted by atomic mass is 28.3. The van der Waals surface area contributed by atoms with Gasteiger partial charge in [-0.05, 0) is 56.2 Å². The molecular formula is C20H34N2OSi. The molecule has 1 aliphatic carbocycles. The largest absolute Gasteiger partial charge is 0.369 e. The van der Waals surface area contributed by atoms with Gasteiger partial charge in [0.05, 0.1) is 12.7 Å². The van der Waals surface area contributed by atoms with E-state index in [4.69, 9.17) is 4.74 Å². The summed E-state index contributed by atoms with van der Waals surface area (Å²) in [6.07, 6.45) is 5.53. The fraction of sp³-hybridized carbons (Fsp3) is 0.850. The van der Waals surface area contributed by atoms with Crippen molar-refractivity contribution >= 4 is 8.07 Å². The van der Waals surface area contributed by atoms with E-state index in [1.54, 1.807) is 0 Å². The number of nitrogens with zero attached hydrogens (tertiary/aromatic N) is 2. The molecule has 0 radical (unpaired) electrons. The van der Waals surface area contributed by atoms with E-state index in [9.17, 15) is 5.26 Å². The van der Waals surface area contributed by atoms with Crippen LogP contribution in [0, 0.1) is 28.7 Å². The lowest BCUT2D eigenvalue weighted by Crippen LogP contribution is -2.56. The van der Waals surface area contributed by atoms with Crippen LogP contribution in [-0.4, -0.2) is 44.8 Å². The van der Waals surface area contributed by atoms with E-state index in [0.29, 0.717) is 12.5 Å². The van der Waals surface area contributed by atoms with E-state index >= 15 is 0 Å². The molecule has 2 rings (SSSR count). The third kappa shape index (κ3) is 4.42. The van der Waals surface area contributed by atoms with Gasteiger partial charge in [0.25, 0.3) is 0 Å². The third-order valence-electron chi connectivity index (χ3n) is 6.51. The van der Waals surface area contributed by atoms with Gasteiger partial charge < -0.3 is 4.74 Å². The molecule has 2 fully saturated rings. The van der Waals surface area contributed by atoms with Gasteiger partial charge in [0.15, 0.2) is 0 Å². The summed E-state index contributed by atoms with van der Waals surface area (Å²) >= 11 is 0. The van der Waals surface area contributed by atoms with Gasteiger partial charge in [-0.25, -0.2) is 0 Å². The molecule has 24 heavy (non-hydrogen) atoms. The first-order valence-electron chi connectivity index (χ1n) is 9.87. The molecule has 0 unspecified atom stereocenters. The monoisotopic (exact) mass is 346 g/mol. The fourth-order valence-electron chi connectivity index (χ4n) is 4.08. The lowest BCUT2D eigenvalue weighted by atomic mass is 9.75. The van der Waals surface area contributed by atoms with Gasteiger partial charge in [-0.2, -0.15) is 5.26 Å². The first-order valence-corrected chi connectivity index (χ1v) is 12.5. The Kier molecular flexibility index (Phi) is 7.35. The smallest absolute Gasteiger partial charge is 0.137 e. The highest BCUT2D eigenvalue weighted by Crippen LogP contribution is 2.38. The zero-order valence-corrected chi connectivity index (χ0v) is 16.9. The van der Waals surface area contributed by atoms with Gasteiger partial charge in [-0.3, -0.25) is 4.90 Å². The first-order chi connectivity index (χ1) is 11.6. The third-order valence-corrected chi connectivity index (χ3v) is 11.3. The SMILES string of the molecule is CC[Si](C#CCOCC1CCC(C#N)(N2CCC2)CC1)(CC)CC. The molecule has 4 heteroatoms. The number of rotatable bonds is 7.